The number of anilines is 1. The molecule has 7 nitrogen and oxygen atoms in total. The van der Waals surface area contributed by atoms with Gasteiger partial charge in [-0.2, -0.15) is 4.31 Å². The van der Waals surface area contributed by atoms with Crippen LogP contribution in [0.2, 0.25) is 0 Å². The quantitative estimate of drug-likeness (QED) is 0.217. The predicted octanol–water partition coefficient (Wildman–Crippen LogP) is 6.68. The van der Waals surface area contributed by atoms with Crippen molar-refractivity contribution in [2.24, 2.45) is 0 Å². The van der Waals surface area contributed by atoms with E-state index in [4.69, 9.17) is 4.98 Å². The Bertz CT molecular complexity index is 1870. The number of para-hydroxylation sites is 1. The summed E-state index contributed by atoms with van der Waals surface area (Å²) < 4.78 is 29.6. The standard InChI is InChI=1S/C33H32N4O3S3/c1-22-13-15-24(16-14-22)43(39,40)37-18-7-11-27(37)31(38)35-33-30(32-34-26-10-5-6-12-28(26)41-32)25-17-19-36(21-29(25)42-33)20-23-8-3-2-4-9-23/h2-6,8-10,12-16,27H,7,11,17-21H2,1H3,(H,35,38). The van der Waals surface area contributed by atoms with E-state index in [1.165, 1.54) is 20.3 Å². The van der Waals surface area contributed by atoms with Gasteiger partial charge >= 0.3 is 0 Å². The van der Waals surface area contributed by atoms with Gasteiger partial charge in [0.1, 0.15) is 16.1 Å². The summed E-state index contributed by atoms with van der Waals surface area (Å²) in [5, 5.41) is 4.85. The number of aryl methyl sites for hydroxylation is 1. The molecule has 1 saturated heterocycles. The number of carbonyl (C=O) groups is 1. The normalized spacial score (nSPS) is 17.7. The van der Waals surface area contributed by atoms with Crippen LogP contribution in [0.3, 0.4) is 0 Å². The molecule has 220 valence electrons. The van der Waals surface area contributed by atoms with Crippen LogP contribution >= 0.6 is 22.7 Å². The van der Waals surface area contributed by atoms with Gasteiger partial charge < -0.3 is 5.32 Å². The Labute approximate surface area is 259 Å². The Balaban J connectivity index is 1.21. The van der Waals surface area contributed by atoms with E-state index in [2.05, 4.69) is 40.5 Å². The number of thiazole rings is 1. The van der Waals surface area contributed by atoms with Crippen molar-refractivity contribution in [1.82, 2.24) is 14.2 Å². The number of nitrogens with zero attached hydrogens (tertiary/aromatic N) is 3. The molecule has 0 bridgehead atoms. The Morgan fingerprint density at radius 2 is 1.74 bits per heavy atom. The Morgan fingerprint density at radius 1 is 0.977 bits per heavy atom. The van der Waals surface area contributed by atoms with Crippen LogP contribution in [-0.4, -0.2) is 47.6 Å². The lowest BCUT2D eigenvalue weighted by molar-refractivity contribution is -0.119. The van der Waals surface area contributed by atoms with Gasteiger partial charge in [0, 0.05) is 36.6 Å². The van der Waals surface area contributed by atoms with Crippen molar-refractivity contribution in [2.75, 3.05) is 18.4 Å². The zero-order chi connectivity index (χ0) is 29.6. The molecule has 43 heavy (non-hydrogen) atoms. The molecule has 10 heteroatoms. The van der Waals surface area contributed by atoms with Gasteiger partial charge in [0.05, 0.1) is 15.1 Å². The van der Waals surface area contributed by atoms with Crippen LogP contribution in [0.15, 0.2) is 83.8 Å². The molecule has 1 amide bonds. The summed E-state index contributed by atoms with van der Waals surface area (Å²) in [7, 11) is -3.80. The number of hydrogen-bond acceptors (Lipinski definition) is 7. The van der Waals surface area contributed by atoms with Crippen molar-refractivity contribution in [1.29, 1.82) is 0 Å². The zero-order valence-electron chi connectivity index (χ0n) is 23.8. The van der Waals surface area contributed by atoms with Crippen LogP contribution in [0.5, 0.6) is 0 Å². The molecule has 1 atom stereocenters. The van der Waals surface area contributed by atoms with Crippen LogP contribution in [0, 0.1) is 6.92 Å². The average Bonchev–Trinajstić information content (AvgIpc) is 3.74. The first-order valence-electron chi connectivity index (χ1n) is 14.5. The van der Waals surface area contributed by atoms with Crippen LogP contribution in [0.4, 0.5) is 5.00 Å². The number of thiophene rings is 1. The first kappa shape index (κ1) is 28.4. The van der Waals surface area contributed by atoms with Crippen LogP contribution in [-0.2, 0) is 34.3 Å². The molecule has 2 aliphatic rings. The number of aromatic nitrogens is 1. The van der Waals surface area contributed by atoms with E-state index in [-0.39, 0.29) is 10.8 Å². The summed E-state index contributed by atoms with van der Waals surface area (Å²) in [4.78, 5) is 22.7. The number of rotatable bonds is 7. The zero-order valence-corrected chi connectivity index (χ0v) is 26.3. The van der Waals surface area contributed by atoms with Crippen molar-refractivity contribution >= 4 is 53.8 Å². The van der Waals surface area contributed by atoms with E-state index in [1.807, 2.05) is 31.2 Å². The molecule has 7 rings (SSSR count). The number of fused-ring (bicyclic) bond motifs is 2. The van der Waals surface area contributed by atoms with Crippen molar-refractivity contribution in [3.8, 4) is 10.6 Å². The molecule has 1 fully saturated rings. The minimum Gasteiger partial charge on any atom is -0.316 e. The molecule has 0 radical (unpaired) electrons. The first-order chi connectivity index (χ1) is 20.9. The molecule has 0 saturated carbocycles. The van der Waals surface area contributed by atoms with Gasteiger partial charge in [0.15, 0.2) is 0 Å². The van der Waals surface area contributed by atoms with E-state index in [0.29, 0.717) is 19.4 Å². The predicted molar refractivity (Wildman–Crippen MR) is 174 cm³/mol. The fourth-order valence-electron chi connectivity index (χ4n) is 6.06. The summed E-state index contributed by atoms with van der Waals surface area (Å²) in [6.45, 7) is 4.82. The highest BCUT2D eigenvalue weighted by molar-refractivity contribution is 7.89. The second-order valence-corrected chi connectivity index (χ2v) is 15.2. The lowest BCUT2D eigenvalue weighted by Crippen LogP contribution is -2.43. The third kappa shape index (κ3) is 5.54. The van der Waals surface area contributed by atoms with Crippen LogP contribution < -0.4 is 5.32 Å². The van der Waals surface area contributed by atoms with Crippen molar-refractivity contribution in [3.05, 3.63) is 100 Å². The van der Waals surface area contributed by atoms with Crippen LogP contribution in [0.25, 0.3) is 20.8 Å². The van der Waals surface area contributed by atoms with Crippen LogP contribution in [0.1, 0.15) is 34.4 Å². The minimum absolute atomic E-state index is 0.220. The maximum Gasteiger partial charge on any atom is 0.243 e. The summed E-state index contributed by atoms with van der Waals surface area (Å²) in [5.41, 5.74) is 5.42. The number of benzene rings is 3. The average molecular weight is 629 g/mol. The minimum atomic E-state index is -3.80. The van der Waals surface area contributed by atoms with E-state index < -0.39 is 16.1 Å². The van der Waals surface area contributed by atoms with E-state index in [9.17, 15) is 13.2 Å². The van der Waals surface area contributed by atoms with Crippen molar-refractivity contribution in [3.63, 3.8) is 0 Å². The van der Waals surface area contributed by atoms with Gasteiger partial charge in [-0.25, -0.2) is 13.4 Å². The van der Waals surface area contributed by atoms with Crippen molar-refractivity contribution < 1.29 is 13.2 Å². The third-order valence-corrected chi connectivity index (χ3v) is 12.4. The molecule has 3 aromatic carbocycles. The fraction of sp³-hybridized carbons (Fsp3) is 0.273. The molecule has 4 heterocycles. The highest BCUT2D eigenvalue weighted by Crippen LogP contribution is 2.46. The monoisotopic (exact) mass is 628 g/mol. The summed E-state index contributed by atoms with van der Waals surface area (Å²) in [6.07, 6.45) is 1.99. The molecule has 2 aromatic heterocycles. The second kappa shape index (κ2) is 11.6. The Morgan fingerprint density at radius 3 is 2.53 bits per heavy atom. The smallest absolute Gasteiger partial charge is 0.243 e. The largest absolute Gasteiger partial charge is 0.316 e. The van der Waals surface area contributed by atoms with Gasteiger partial charge in [0.2, 0.25) is 15.9 Å². The molecular formula is C33H32N4O3S3. The van der Waals surface area contributed by atoms with E-state index in [1.54, 1.807) is 46.9 Å². The number of hydrogen-bond donors (Lipinski definition) is 1. The first-order valence-corrected chi connectivity index (χ1v) is 17.6. The summed E-state index contributed by atoms with van der Waals surface area (Å²) in [5.74, 6) is -0.282. The highest BCUT2D eigenvalue weighted by atomic mass is 32.2. The number of nitrogens with one attached hydrogen (secondary N) is 1. The highest BCUT2D eigenvalue weighted by Gasteiger charge is 2.40. The van der Waals surface area contributed by atoms with Gasteiger partial charge in [-0.1, -0.05) is 60.2 Å². The summed E-state index contributed by atoms with van der Waals surface area (Å²) >= 11 is 3.23. The lowest BCUT2D eigenvalue weighted by atomic mass is 10.0. The fourth-order valence-corrected chi connectivity index (χ4v) is 10.1. The molecular weight excluding hydrogens is 597 g/mol. The second-order valence-electron chi connectivity index (χ2n) is 11.2. The van der Waals surface area contributed by atoms with E-state index in [0.717, 1.165) is 57.4 Å². The lowest BCUT2D eigenvalue weighted by Gasteiger charge is -2.27. The Kier molecular flexibility index (Phi) is 7.65. The van der Waals surface area contributed by atoms with Gasteiger partial charge in [-0.15, -0.1) is 22.7 Å². The molecule has 1 unspecified atom stereocenters. The topological polar surface area (TPSA) is 82.6 Å². The molecule has 0 spiro atoms. The van der Waals surface area contributed by atoms with Gasteiger partial charge in [0.25, 0.3) is 0 Å². The molecule has 1 N–H and O–H groups in total. The number of carbonyl (C=O) groups excluding carboxylic acids is 1. The number of amides is 1. The number of sulfonamides is 1. The van der Waals surface area contributed by atoms with E-state index >= 15 is 0 Å². The van der Waals surface area contributed by atoms with Gasteiger partial charge in [-0.3, -0.25) is 9.69 Å². The third-order valence-electron chi connectivity index (χ3n) is 8.26. The SMILES string of the molecule is Cc1ccc(S(=O)(=O)N2CCCC2C(=O)Nc2sc3c(c2-c2nc4ccccc4s2)CCN(Cc2ccccc2)C3)cc1. The molecule has 2 aliphatic heterocycles. The Hall–Kier alpha value is -3.41. The molecule has 0 aliphatic carbocycles. The summed E-state index contributed by atoms with van der Waals surface area (Å²) in [6, 6.07) is 24.6. The maximum absolute atomic E-state index is 13.9. The molecule has 5 aromatic rings. The maximum atomic E-state index is 13.9. The van der Waals surface area contributed by atoms with Crippen molar-refractivity contribution in [2.45, 2.75) is 50.2 Å². The van der Waals surface area contributed by atoms with Gasteiger partial charge in [-0.05, 0) is 61.6 Å².